The van der Waals surface area contributed by atoms with Crippen molar-refractivity contribution >= 4 is 29.1 Å². The van der Waals surface area contributed by atoms with Gasteiger partial charge in [0.15, 0.2) is 0 Å². The molecule has 0 spiro atoms. The lowest BCUT2D eigenvalue weighted by atomic mass is 9.85. The Hall–Kier alpha value is -3.76. The first-order valence-corrected chi connectivity index (χ1v) is 15.0. The number of β-amino-alcohol motifs (C(OH)–C–C–N with tert-alkyl or cyclic N) is 1. The van der Waals surface area contributed by atoms with Gasteiger partial charge in [-0.25, -0.2) is 4.98 Å². The number of nitrogens with one attached hydrogen (secondary N) is 2. The van der Waals surface area contributed by atoms with Gasteiger partial charge in [-0.05, 0) is 47.6 Å². The van der Waals surface area contributed by atoms with Gasteiger partial charge >= 0.3 is 0 Å². The zero-order valence-electron chi connectivity index (χ0n) is 24.8. The number of aliphatic hydroxyl groups is 1. The van der Waals surface area contributed by atoms with Gasteiger partial charge in [0, 0.05) is 25.9 Å². The first kappa shape index (κ1) is 31.2. The van der Waals surface area contributed by atoms with Crippen LogP contribution >= 0.6 is 11.3 Å². The number of thiazole rings is 1. The molecule has 1 aliphatic heterocycles. The summed E-state index contributed by atoms with van der Waals surface area (Å²) in [4.78, 5) is 46.8. The van der Waals surface area contributed by atoms with Gasteiger partial charge in [0.2, 0.25) is 17.7 Å². The number of likely N-dealkylation sites (tertiary alicyclic amines) is 1. The molecule has 3 atom stereocenters. The summed E-state index contributed by atoms with van der Waals surface area (Å²) in [7, 11) is 1.60. The number of ether oxygens (including phenoxy) is 1. The normalized spacial score (nSPS) is 17.5. The summed E-state index contributed by atoms with van der Waals surface area (Å²) in [5, 5.41) is 16.3. The number of hydrogen-bond donors (Lipinski definition) is 3. The van der Waals surface area contributed by atoms with E-state index >= 15 is 0 Å². The van der Waals surface area contributed by atoms with E-state index in [2.05, 4.69) is 15.6 Å². The molecule has 4 rings (SSSR count). The quantitative estimate of drug-likeness (QED) is 0.329. The summed E-state index contributed by atoms with van der Waals surface area (Å²) in [6.45, 7) is 7.92. The molecule has 9 nitrogen and oxygen atoms in total. The molecule has 0 saturated carbocycles. The molecule has 3 aromatic rings. The fraction of sp³-hybridized carbons (Fsp3) is 0.438. The summed E-state index contributed by atoms with van der Waals surface area (Å²) >= 11 is 1.58. The summed E-state index contributed by atoms with van der Waals surface area (Å²) in [6.07, 6.45) is 0.0425. The van der Waals surface area contributed by atoms with Gasteiger partial charge in [-0.1, -0.05) is 57.2 Å². The molecule has 0 unspecified atom stereocenters. The van der Waals surface area contributed by atoms with Crippen LogP contribution < -0.4 is 15.4 Å². The lowest BCUT2D eigenvalue weighted by molar-refractivity contribution is -0.144. The Balaban J connectivity index is 1.37. The number of methoxy groups -OCH3 is 1. The van der Waals surface area contributed by atoms with Crippen LogP contribution in [0.5, 0.6) is 5.75 Å². The molecule has 0 radical (unpaired) electrons. The molecular formula is C32H40N4O5S. The molecule has 42 heavy (non-hydrogen) atoms. The number of aromatic nitrogens is 1. The van der Waals surface area contributed by atoms with Crippen LogP contribution in [-0.2, 0) is 27.3 Å². The summed E-state index contributed by atoms with van der Waals surface area (Å²) in [5.41, 5.74) is 5.16. The lowest BCUT2D eigenvalue weighted by Gasteiger charge is -2.35. The molecule has 0 aliphatic carbocycles. The Morgan fingerprint density at radius 1 is 1.10 bits per heavy atom. The number of aryl methyl sites for hydroxylation is 2. The van der Waals surface area contributed by atoms with E-state index in [-0.39, 0.29) is 37.1 Å². The van der Waals surface area contributed by atoms with E-state index in [1.165, 1.54) is 4.90 Å². The number of hydrogen-bond acceptors (Lipinski definition) is 7. The SMILES string of the molecule is COc1ccc(CCC(=O)N[C@H](C(=O)N2C[C@H](O)C[C@H]2C(=O)NCc2ccc(-c3scnc3C)cc2)C(C)(C)C)cc1. The number of aliphatic hydroxyl groups excluding tert-OH is 1. The van der Waals surface area contributed by atoms with E-state index in [0.29, 0.717) is 13.0 Å². The Kier molecular flexibility index (Phi) is 10.0. The Bertz CT molecular complexity index is 1380. The van der Waals surface area contributed by atoms with Crippen molar-refractivity contribution in [1.82, 2.24) is 20.5 Å². The third-order valence-electron chi connectivity index (χ3n) is 7.51. The van der Waals surface area contributed by atoms with Gasteiger partial charge in [-0.2, -0.15) is 0 Å². The van der Waals surface area contributed by atoms with Crippen LogP contribution in [-0.4, -0.2) is 64.6 Å². The Labute approximate surface area is 251 Å². The van der Waals surface area contributed by atoms with Crippen molar-refractivity contribution < 1.29 is 24.2 Å². The van der Waals surface area contributed by atoms with Crippen molar-refractivity contribution in [2.45, 2.75) is 71.7 Å². The predicted molar refractivity (Wildman–Crippen MR) is 163 cm³/mol. The number of carbonyl (C=O) groups excluding carboxylic acids is 3. The van der Waals surface area contributed by atoms with Crippen LogP contribution in [0.25, 0.3) is 10.4 Å². The predicted octanol–water partition coefficient (Wildman–Crippen LogP) is 3.87. The molecular weight excluding hydrogens is 552 g/mol. The molecule has 2 aromatic carbocycles. The minimum Gasteiger partial charge on any atom is -0.497 e. The van der Waals surface area contributed by atoms with Crippen molar-refractivity contribution in [3.05, 3.63) is 70.9 Å². The number of benzene rings is 2. The van der Waals surface area contributed by atoms with Gasteiger partial charge in [0.25, 0.3) is 0 Å². The highest BCUT2D eigenvalue weighted by molar-refractivity contribution is 7.13. The fourth-order valence-electron chi connectivity index (χ4n) is 5.06. The zero-order chi connectivity index (χ0) is 30.4. The molecule has 10 heteroatoms. The maximum atomic E-state index is 13.8. The highest BCUT2D eigenvalue weighted by Gasteiger charge is 2.44. The largest absolute Gasteiger partial charge is 0.497 e. The summed E-state index contributed by atoms with van der Waals surface area (Å²) < 4.78 is 5.18. The molecule has 0 bridgehead atoms. The highest BCUT2D eigenvalue weighted by atomic mass is 32.1. The fourth-order valence-corrected chi connectivity index (χ4v) is 5.88. The monoisotopic (exact) mass is 592 g/mol. The maximum Gasteiger partial charge on any atom is 0.246 e. The molecule has 2 heterocycles. The van der Waals surface area contributed by atoms with Crippen LogP contribution in [0.1, 0.15) is 50.4 Å². The first-order valence-electron chi connectivity index (χ1n) is 14.1. The minimum atomic E-state index is -0.857. The van der Waals surface area contributed by atoms with Crippen molar-refractivity contribution in [3.63, 3.8) is 0 Å². The van der Waals surface area contributed by atoms with Crippen LogP contribution in [0, 0.1) is 12.3 Å². The number of rotatable bonds is 10. The third-order valence-corrected chi connectivity index (χ3v) is 8.49. The Morgan fingerprint density at radius 2 is 1.76 bits per heavy atom. The van der Waals surface area contributed by atoms with Gasteiger partial charge in [-0.3, -0.25) is 14.4 Å². The van der Waals surface area contributed by atoms with Gasteiger partial charge < -0.3 is 25.4 Å². The molecule has 3 amide bonds. The molecule has 1 aliphatic rings. The van der Waals surface area contributed by atoms with Crippen molar-refractivity contribution in [3.8, 4) is 16.2 Å². The number of carbonyl (C=O) groups is 3. The van der Waals surface area contributed by atoms with Gasteiger partial charge in [0.1, 0.15) is 17.8 Å². The van der Waals surface area contributed by atoms with Crippen LogP contribution in [0.3, 0.4) is 0 Å². The Morgan fingerprint density at radius 3 is 2.36 bits per heavy atom. The van der Waals surface area contributed by atoms with E-state index in [0.717, 1.165) is 33.0 Å². The number of amides is 3. The first-order chi connectivity index (χ1) is 20.0. The number of nitrogens with zero attached hydrogens (tertiary/aromatic N) is 2. The molecule has 3 N–H and O–H groups in total. The average molecular weight is 593 g/mol. The lowest BCUT2D eigenvalue weighted by Crippen LogP contribution is -2.57. The topological polar surface area (TPSA) is 121 Å². The summed E-state index contributed by atoms with van der Waals surface area (Å²) in [6, 6.07) is 13.7. The maximum absolute atomic E-state index is 13.8. The molecule has 1 fully saturated rings. The average Bonchev–Trinajstić information content (AvgIpc) is 3.58. The van der Waals surface area contributed by atoms with Crippen molar-refractivity contribution in [2.24, 2.45) is 5.41 Å². The van der Waals surface area contributed by atoms with Crippen molar-refractivity contribution in [2.75, 3.05) is 13.7 Å². The van der Waals surface area contributed by atoms with Gasteiger partial charge in [-0.15, -0.1) is 11.3 Å². The third kappa shape index (κ3) is 7.74. The molecule has 1 aromatic heterocycles. The summed E-state index contributed by atoms with van der Waals surface area (Å²) in [5.74, 6) is -0.216. The van der Waals surface area contributed by atoms with E-state index in [1.54, 1.807) is 18.4 Å². The van der Waals surface area contributed by atoms with Crippen LogP contribution in [0.4, 0.5) is 0 Å². The minimum absolute atomic E-state index is 0.0358. The molecule has 1 saturated heterocycles. The van der Waals surface area contributed by atoms with Crippen LogP contribution in [0.2, 0.25) is 0 Å². The standard InChI is InChI=1S/C32H40N4O5S/c1-20-28(42-19-34-20)23-11-6-22(7-12-23)17-33-30(39)26-16-24(37)18-36(26)31(40)29(32(2,3)4)35-27(38)15-10-21-8-13-25(41-5)14-9-21/h6-9,11-14,19,24,26,29,37H,10,15-18H2,1-5H3,(H,33,39)(H,35,38)/t24-,26+,29-/m1/s1. The smallest absolute Gasteiger partial charge is 0.246 e. The van der Waals surface area contributed by atoms with E-state index < -0.39 is 23.6 Å². The van der Waals surface area contributed by atoms with E-state index in [1.807, 2.05) is 81.7 Å². The molecule has 224 valence electrons. The van der Waals surface area contributed by atoms with Crippen LogP contribution in [0.15, 0.2) is 54.0 Å². The van der Waals surface area contributed by atoms with E-state index in [4.69, 9.17) is 4.74 Å². The van der Waals surface area contributed by atoms with Gasteiger partial charge in [0.05, 0.1) is 29.3 Å². The van der Waals surface area contributed by atoms with E-state index in [9.17, 15) is 19.5 Å². The van der Waals surface area contributed by atoms with Crippen molar-refractivity contribution in [1.29, 1.82) is 0 Å². The second-order valence-corrected chi connectivity index (χ2v) is 12.6. The highest BCUT2D eigenvalue weighted by Crippen LogP contribution is 2.28. The second kappa shape index (κ2) is 13.5. The second-order valence-electron chi connectivity index (χ2n) is 11.8. The zero-order valence-corrected chi connectivity index (χ0v) is 25.7.